The van der Waals surface area contributed by atoms with E-state index >= 15 is 9.59 Å². The number of fused-ring (bicyclic) bond motifs is 7. The van der Waals surface area contributed by atoms with Crippen molar-refractivity contribution in [3.63, 3.8) is 0 Å². The SMILES string of the molecule is COc1cccc2c1C(=O)c1c(O)c3c(c(O)c1C2=O)C[C@@](O)(C(C)=O)C[C@@H]3OC1CC(N)C(O)C(C)O1.Cc1c2oc3c(C)ccc(C(=O)NC4C(=O)NC(C(C)C)C(=O)N5CCCC5C(=O)N(C)CC(=O)N(C)C(C(C)C)C(=O)OC4C)c3nc-2c(C(=O)NC2C(=O)NC(C(C)C)C(=O)N3CCCC3C(=O)N(C)CC(=O)N(C)C(C(C)C)C(=O)OC2C)c(N)c1=O.Cl.Nc1ncn([C@H]2C[C@H](O)[C@@H](CO)O2)c(=O)n1. The third-order valence-corrected chi connectivity index (χ3v) is 27.8. The highest BCUT2D eigenvalue weighted by molar-refractivity contribution is 6.31. The molecule has 48 heteroatoms. The third-order valence-electron chi connectivity index (χ3n) is 27.8. The summed E-state index contributed by atoms with van der Waals surface area (Å²) in [7, 11) is 6.92. The number of nitrogen functional groups attached to an aromatic ring is 2. The van der Waals surface area contributed by atoms with Crippen LogP contribution in [-0.4, -0.2) is 339 Å². The molecule has 6 saturated heterocycles. The van der Waals surface area contributed by atoms with Crippen LogP contribution in [-0.2, 0) is 82.8 Å². The number of nitrogens with zero attached hydrogens (tertiary/aromatic N) is 10. The van der Waals surface area contributed by atoms with Crippen LogP contribution in [0.1, 0.15) is 215 Å². The number of esters is 2. The number of carbonyl (C=O) groups is 15. The Labute approximate surface area is 839 Å². The highest BCUT2D eigenvalue weighted by Gasteiger charge is 2.53. The van der Waals surface area contributed by atoms with Gasteiger partial charge in [-0.3, -0.25) is 71.7 Å². The number of nitrogens with one attached hydrogen (secondary N) is 4. The Balaban J connectivity index is 0.000000293. The number of rotatable bonds is 14. The van der Waals surface area contributed by atoms with Crippen molar-refractivity contribution in [2.75, 3.05) is 79.6 Å². The van der Waals surface area contributed by atoms with E-state index in [2.05, 4.69) is 31.2 Å². The third kappa shape index (κ3) is 22.4. The molecule has 6 fully saturated rings. The van der Waals surface area contributed by atoms with Gasteiger partial charge in [0, 0.05) is 95.3 Å². The summed E-state index contributed by atoms with van der Waals surface area (Å²) >= 11 is 0. The fourth-order valence-electron chi connectivity index (χ4n) is 19.5. The Morgan fingerprint density at radius 3 is 1.67 bits per heavy atom. The summed E-state index contributed by atoms with van der Waals surface area (Å²) in [5.41, 5.74) is 11.2. The lowest BCUT2D eigenvalue weighted by Crippen LogP contribution is -2.61. The van der Waals surface area contributed by atoms with Gasteiger partial charge in [0.05, 0.1) is 84.7 Å². The van der Waals surface area contributed by atoms with Gasteiger partial charge in [-0.05, 0) is 109 Å². The first-order valence-corrected chi connectivity index (χ1v) is 47.5. The minimum absolute atomic E-state index is 0. The maximum Gasteiger partial charge on any atom is 0.354 e. The van der Waals surface area contributed by atoms with Crippen LogP contribution in [0.25, 0.3) is 22.6 Å². The molecule has 0 spiro atoms. The van der Waals surface area contributed by atoms with Crippen molar-refractivity contribution in [3.8, 4) is 28.7 Å². The van der Waals surface area contributed by atoms with E-state index in [1.165, 1.54) is 119 Å². The number of phenols is 2. The molecule has 7 aliphatic heterocycles. The van der Waals surface area contributed by atoms with Gasteiger partial charge in [0.25, 0.3) is 11.8 Å². The number of aliphatic hydroxyl groups excluding tert-OH is 3. The van der Waals surface area contributed by atoms with Gasteiger partial charge >= 0.3 is 17.6 Å². The lowest BCUT2D eigenvalue weighted by atomic mass is 9.72. The Morgan fingerprint density at radius 1 is 0.662 bits per heavy atom. The van der Waals surface area contributed by atoms with Crippen LogP contribution >= 0.6 is 12.4 Å². The Hall–Kier alpha value is -13.3. The first-order valence-electron chi connectivity index (χ1n) is 47.5. The number of benzene rings is 4. The van der Waals surface area contributed by atoms with E-state index in [0.29, 0.717) is 18.4 Å². The van der Waals surface area contributed by atoms with Crippen LogP contribution in [0.4, 0.5) is 11.6 Å². The molecule has 10 aliphatic rings. The number of anilines is 2. The van der Waals surface area contributed by atoms with E-state index in [4.69, 9.17) is 60.1 Å². The summed E-state index contributed by atoms with van der Waals surface area (Å²) in [6.45, 7) is 20.8. The molecule has 0 radical (unpaired) electrons. The predicted octanol–water partition coefficient (Wildman–Crippen LogP) is 0.0375. The number of cyclic esters (lactones) is 2. The lowest BCUT2D eigenvalue weighted by Gasteiger charge is -2.42. The number of hydrogen-bond donors (Lipinski definition) is 13. The zero-order valence-electron chi connectivity index (χ0n) is 84.0. The average molecular weight is 2050 g/mol. The molecule has 14 unspecified atom stereocenters. The molecule has 14 rings (SSSR count). The van der Waals surface area contributed by atoms with Crippen molar-refractivity contribution in [1.29, 1.82) is 0 Å². The topological polar surface area (TPSA) is 669 Å². The molecule has 788 valence electrons. The Bertz CT molecular complexity index is 6180. The lowest BCUT2D eigenvalue weighted by molar-refractivity contribution is -0.247. The van der Waals surface area contributed by atoms with Crippen molar-refractivity contribution < 1.29 is 135 Å². The number of aromatic nitrogens is 4. The average Bonchev–Trinajstić information content (AvgIpc) is 1.34. The number of carbonyl (C=O) groups excluding carboxylic acids is 15. The van der Waals surface area contributed by atoms with Gasteiger partial charge in [-0.15, -0.1) is 12.4 Å². The zero-order chi connectivity index (χ0) is 106. The monoisotopic (exact) mass is 2050 g/mol. The van der Waals surface area contributed by atoms with E-state index in [1.807, 2.05) is 0 Å². The van der Waals surface area contributed by atoms with E-state index in [0.717, 1.165) is 14.4 Å². The summed E-state index contributed by atoms with van der Waals surface area (Å²) < 4.78 is 41.8. The minimum Gasteiger partial charge on any atom is -0.507 e. The van der Waals surface area contributed by atoms with Crippen molar-refractivity contribution in [2.24, 2.45) is 29.4 Å². The number of ketones is 3. The Morgan fingerprint density at radius 2 is 1.19 bits per heavy atom. The molecule has 145 heavy (non-hydrogen) atoms. The molecule has 19 atom stereocenters. The number of methoxy groups -OCH3 is 1. The molecule has 0 bridgehead atoms. The van der Waals surface area contributed by atoms with Crippen LogP contribution in [0.2, 0.25) is 0 Å². The van der Waals surface area contributed by atoms with Crippen LogP contribution in [0, 0.1) is 37.5 Å². The summed E-state index contributed by atoms with van der Waals surface area (Å²) in [4.78, 5) is 257. The van der Waals surface area contributed by atoms with Gasteiger partial charge in [-0.2, -0.15) is 4.98 Å². The highest BCUT2D eigenvalue weighted by Crippen LogP contribution is 2.53. The predicted molar refractivity (Wildman–Crippen MR) is 515 cm³/mol. The molecule has 3 aromatic carbocycles. The highest BCUT2D eigenvalue weighted by atomic mass is 35.5. The van der Waals surface area contributed by atoms with Crippen LogP contribution in [0.3, 0.4) is 0 Å². The molecular formula is C97H128ClN17O30. The number of likely N-dealkylation sites (N-methyl/N-ethyl adjacent to an activating group) is 4. The summed E-state index contributed by atoms with van der Waals surface area (Å²) in [6, 6.07) is -4.15. The number of aliphatic hydroxyl groups is 4. The van der Waals surface area contributed by atoms with Gasteiger partial charge in [0.15, 0.2) is 29.2 Å². The fourth-order valence-corrected chi connectivity index (χ4v) is 19.5. The van der Waals surface area contributed by atoms with Crippen molar-refractivity contribution in [1.82, 2.24) is 70.2 Å². The number of amides is 10. The molecule has 1 aromatic heterocycles. The number of Topliss-reactive ketones (excluding diaryl/α,β-unsaturated/α-hetero) is 1. The number of hydrogen-bond acceptors (Lipinski definition) is 36. The molecule has 0 saturated carbocycles. The second kappa shape index (κ2) is 45.1. The number of aromatic hydroxyl groups is 2. The molecule has 8 heterocycles. The van der Waals surface area contributed by atoms with Crippen molar-refractivity contribution in [3.05, 3.63) is 113 Å². The van der Waals surface area contributed by atoms with Gasteiger partial charge in [-0.1, -0.05) is 73.6 Å². The van der Waals surface area contributed by atoms with Gasteiger partial charge < -0.3 is 131 Å². The quantitative estimate of drug-likeness (QED) is 0.0296. The van der Waals surface area contributed by atoms with Gasteiger partial charge in [-0.25, -0.2) is 24.4 Å². The second-order valence-corrected chi connectivity index (χ2v) is 39.2. The van der Waals surface area contributed by atoms with Crippen LogP contribution in [0.15, 0.2) is 50.7 Å². The van der Waals surface area contributed by atoms with E-state index in [-0.39, 0.29) is 126 Å². The number of ether oxygens (including phenoxy) is 6. The number of halogens is 1. The molecule has 4 aromatic rings. The summed E-state index contributed by atoms with van der Waals surface area (Å²) in [5.74, 6) is -15.7. The van der Waals surface area contributed by atoms with Gasteiger partial charge in [0.1, 0.15) is 113 Å². The maximum atomic E-state index is 15.2. The van der Waals surface area contributed by atoms with Crippen LogP contribution in [0.5, 0.6) is 17.2 Å². The number of nitrogens with two attached hydrogens (primary N) is 3. The van der Waals surface area contributed by atoms with E-state index < -0.39 is 297 Å². The van der Waals surface area contributed by atoms with Crippen molar-refractivity contribution in [2.45, 2.75) is 264 Å². The first-order chi connectivity index (χ1) is 67.6. The first kappa shape index (κ1) is 112. The molecule has 3 aliphatic carbocycles. The largest absolute Gasteiger partial charge is 0.507 e. The zero-order valence-corrected chi connectivity index (χ0v) is 84.8. The normalized spacial score (nSPS) is 27.5. The Kier molecular flexibility index (Phi) is 34.9. The maximum absolute atomic E-state index is 15.2. The number of aryl methyl sites for hydroxylation is 1. The summed E-state index contributed by atoms with van der Waals surface area (Å²) in [5, 5.41) is 73.2. The molecular weight excluding hydrogens is 1920 g/mol. The van der Waals surface area contributed by atoms with Crippen molar-refractivity contribution >= 4 is 124 Å². The van der Waals surface area contributed by atoms with E-state index in [9.17, 15) is 97.5 Å². The molecule has 16 N–H and O–H groups in total. The molecule has 47 nitrogen and oxygen atoms in total. The molecule has 10 amide bonds. The van der Waals surface area contributed by atoms with Gasteiger partial charge in [0.2, 0.25) is 64.4 Å². The smallest absolute Gasteiger partial charge is 0.354 e. The fraction of sp³-hybridized carbons (Fsp3) is 0.567. The van der Waals surface area contributed by atoms with E-state index in [1.54, 1.807) is 69.2 Å². The van der Waals surface area contributed by atoms with Crippen LogP contribution < -0.4 is 54.3 Å². The number of phenolic OH excluding ortho intramolecular Hbond substituents is 2. The minimum atomic E-state index is -2.00. The summed E-state index contributed by atoms with van der Waals surface area (Å²) in [6.07, 6.45) is -6.92. The standard InChI is InChI=1S/C62H86N12O16.C27H29NO10.C8H12N4O4.ClH/c1-27(2)42-59(84)73-23-17-19-36(73)57(82)69(13)25-38(75)71(15)48(29(5)6)61(86)88-33(11)44(55(80)65-42)67-53(78)35-22-21-31(9)51-46(35)64-47-40(41(63)50(77)32(10)52(47)90-51)54(79)68-45-34(12)89-62(87)49(30(7)8)72(16)39(76)26-70(14)58(83)37-20-18-24-74(37)60(85)43(28(3)4)66-56(45)81;1-10-22(30)14(28)7-17(37-10)38-16-9-27(35,11(2)29)8-13-19(16)26(34)21-20(24(13)32)23(31)12-5-4-6-15(36-3)18(12)25(21)33;9-7-10-3-12(8(15)11-7)6-1-4(14)5(2-13)16-6;/h21-22,27-30,33-34,36-37,42-45,48-49H,17-20,23-26,63H2,1-16H3,(H,65,80)(H,66,81)(H,67,78)(H,68,79);4-6,10,14,16-17,22,30,32,34-35H,7-9,28H2,1-3H3;3-6,13-14H,1-2H2,(H2,9,11,15);1H/t;10?,14?,16-,17?,22?,27-;4-,5+,6+;/m.00./s1. The second-order valence-electron chi connectivity index (χ2n) is 39.2.